The largest absolute Gasteiger partial charge is 0.508 e. The second-order valence-corrected chi connectivity index (χ2v) is 7.78. The zero-order valence-corrected chi connectivity index (χ0v) is 17.6. The molecule has 31 heavy (non-hydrogen) atoms. The maximum atomic E-state index is 9.66. The quantitative estimate of drug-likeness (QED) is 0.387. The van der Waals surface area contributed by atoms with Gasteiger partial charge in [0.25, 0.3) is 0 Å². The van der Waals surface area contributed by atoms with Crippen molar-refractivity contribution in [1.29, 1.82) is 0 Å². The van der Waals surface area contributed by atoms with Crippen LogP contribution in [0.3, 0.4) is 0 Å². The highest BCUT2D eigenvalue weighted by molar-refractivity contribution is 5.85. The van der Waals surface area contributed by atoms with Gasteiger partial charge in [-0.05, 0) is 83.9 Å². The van der Waals surface area contributed by atoms with Crippen molar-refractivity contribution >= 4 is 21.5 Å². The van der Waals surface area contributed by atoms with E-state index >= 15 is 0 Å². The van der Waals surface area contributed by atoms with Crippen molar-refractivity contribution < 1.29 is 24.4 Å². The van der Waals surface area contributed by atoms with E-state index in [4.69, 9.17) is 14.2 Å². The zero-order chi connectivity index (χ0) is 21.8. The summed E-state index contributed by atoms with van der Waals surface area (Å²) in [4.78, 5) is 0. The molecule has 0 amide bonds. The number of ether oxygens (including phenoxy) is 3. The predicted molar refractivity (Wildman–Crippen MR) is 122 cm³/mol. The van der Waals surface area contributed by atoms with Gasteiger partial charge in [-0.1, -0.05) is 24.3 Å². The molecule has 2 N–H and O–H groups in total. The first kappa shape index (κ1) is 20.8. The third kappa shape index (κ3) is 5.38. The van der Waals surface area contributed by atoms with E-state index < -0.39 is 0 Å². The van der Waals surface area contributed by atoms with E-state index in [0.29, 0.717) is 13.2 Å². The molecule has 0 spiro atoms. The van der Waals surface area contributed by atoms with E-state index in [1.807, 2.05) is 62.4 Å². The maximum absolute atomic E-state index is 9.66. The Hall–Kier alpha value is -3.44. The van der Waals surface area contributed by atoms with E-state index in [2.05, 4.69) is 0 Å². The number of rotatable bonds is 8. The predicted octanol–water partition coefficient (Wildman–Crippen LogP) is 5.66. The molecule has 0 aliphatic carbocycles. The van der Waals surface area contributed by atoms with E-state index in [1.54, 1.807) is 24.3 Å². The molecule has 0 aliphatic rings. The third-order valence-corrected chi connectivity index (χ3v) is 4.97. The lowest BCUT2D eigenvalue weighted by Crippen LogP contribution is -2.25. The number of fused-ring (bicyclic) bond motifs is 2. The number of phenolic OH excluding ortho intramolecular Hbond substituents is 2. The van der Waals surface area contributed by atoms with Crippen LogP contribution in [0.25, 0.3) is 21.5 Å². The van der Waals surface area contributed by atoms with Crippen molar-refractivity contribution in [3.05, 3.63) is 72.8 Å². The van der Waals surface area contributed by atoms with Crippen LogP contribution < -0.4 is 9.47 Å². The van der Waals surface area contributed by atoms with E-state index in [9.17, 15) is 10.2 Å². The van der Waals surface area contributed by atoms with Gasteiger partial charge in [0.15, 0.2) is 0 Å². The Bertz CT molecular complexity index is 1090. The van der Waals surface area contributed by atoms with Crippen LogP contribution in [0.2, 0.25) is 0 Å². The van der Waals surface area contributed by atoms with Crippen LogP contribution in [0.5, 0.6) is 23.0 Å². The molecule has 4 rings (SSSR count). The van der Waals surface area contributed by atoms with Crippen molar-refractivity contribution in [1.82, 2.24) is 0 Å². The monoisotopic (exact) mass is 418 g/mol. The van der Waals surface area contributed by atoms with Gasteiger partial charge in [-0.3, -0.25) is 0 Å². The summed E-state index contributed by atoms with van der Waals surface area (Å²) in [5.41, 5.74) is 0. The van der Waals surface area contributed by atoms with Gasteiger partial charge in [-0.25, -0.2) is 0 Å². The second-order valence-electron chi connectivity index (χ2n) is 7.78. The fourth-order valence-electron chi connectivity index (χ4n) is 3.50. The summed E-state index contributed by atoms with van der Waals surface area (Å²) < 4.78 is 17.7. The summed E-state index contributed by atoms with van der Waals surface area (Å²) in [5, 5.41) is 23.3. The lowest BCUT2D eigenvalue weighted by atomic mass is 10.1. The molecule has 0 bridgehead atoms. The second kappa shape index (κ2) is 9.14. The molecule has 0 aromatic heterocycles. The first-order valence-electron chi connectivity index (χ1n) is 10.3. The minimum atomic E-state index is -0.134. The Kier molecular flexibility index (Phi) is 6.14. The van der Waals surface area contributed by atoms with Gasteiger partial charge in [-0.15, -0.1) is 0 Å². The fourth-order valence-corrected chi connectivity index (χ4v) is 3.50. The SMILES string of the molecule is CC(COCC(C)Oc1ccc2ccc(O)cc2c1)Oc1ccc2ccc(O)cc2c1. The lowest BCUT2D eigenvalue weighted by molar-refractivity contribution is 0.0189. The summed E-state index contributed by atoms with van der Waals surface area (Å²) in [6.45, 7) is 4.76. The Morgan fingerprint density at radius 3 is 1.45 bits per heavy atom. The van der Waals surface area contributed by atoms with Crippen LogP contribution in [0.15, 0.2) is 72.8 Å². The van der Waals surface area contributed by atoms with Crippen molar-refractivity contribution in [2.45, 2.75) is 26.1 Å². The number of phenols is 2. The fraction of sp³-hybridized carbons (Fsp3) is 0.231. The van der Waals surface area contributed by atoms with Gasteiger partial charge >= 0.3 is 0 Å². The molecule has 0 saturated carbocycles. The van der Waals surface area contributed by atoms with Crippen molar-refractivity contribution in [3.63, 3.8) is 0 Å². The van der Waals surface area contributed by atoms with E-state index in [0.717, 1.165) is 33.0 Å². The first-order chi connectivity index (χ1) is 15.0. The molecule has 0 fully saturated rings. The summed E-state index contributed by atoms with van der Waals surface area (Å²) in [5.74, 6) is 1.94. The minimum Gasteiger partial charge on any atom is -0.508 e. The molecule has 0 heterocycles. The van der Waals surface area contributed by atoms with Gasteiger partial charge in [0.05, 0.1) is 13.2 Å². The Labute approximate surface area is 181 Å². The standard InChI is InChI=1S/C26H26O5/c1-17(30-25-9-5-19-3-7-23(27)11-21(19)13-25)15-29-16-18(2)31-26-10-6-20-4-8-24(28)12-22(20)14-26/h3-14,17-18,27-28H,15-16H2,1-2H3. The molecular formula is C26H26O5. The molecule has 4 aromatic carbocycles. The molecule has 4 aromatic rings. The Morgan fingerprint density at radius 2 is 1.00 bits per heavy atom. The number of aromatic hydroxyl groups is 2. The van der Waals surface area contributed by atoms with Crippen LogP contribution in [-0.2, 0) is 4.74 Å². The van der Waals surface area contributed by atoms with Crippen LogP contribution in [-0.4, -0.2) is 35.6 Å². The maximum Gasteiger partial charge on any atom is 0.120 e. The lowest BCUT2D eigenvalue weighted by Gasteiger charge is -2.18. The van der Waals surface area contributed by atoms with Crippen LogP contribution in [0.4, 0.5) is 0 Å². The van der Waals surface area contributed by atoms with Crippen molar-refractivity contribution in [2.24, 2.45) is 0 Å². The first-order valence-corrected chi connectivity index (χ1v) is 10.3. The van der Waals surface area contributed by atoms with Gasteiger partial charge in [-0.2, -0.15) is 0 Å². The highest BCUT2D eigenvalue weighted by Gasteiger charge is 2.09. The van der Waals surface area contributed by atoms with Crippen LogP contribution >= 0.6 is 0 Å². The molecule has 2 unspecified atom stereocenters. The number of hydrogen-bond acceptors (Lipinski definition) is 5. The normalized spacial score (nSPS) is 13.2. The van der Waals surface area contributed by atoms with Gasteiger partial charge in [0, 0.05) is 0 Å². The molecular weight excluding hydrogens is 392 g/mol. The topological polar surface area (TPSA) is 68.2 Å². The van der Waals surface area contributed by atoms with Crippen LogP contribution in [0.1, 0.15) is 13.8 Å². The molecule has 0 saturated heterocycles. The van der Waals surface area contributed by atoms with E-state index in [1.165, 1.54) is 0 Å². The average Bonchev–Trinajstić information content (AvgIpc) is 2.73. The highest BCUT2D eigenvalue weighted by Crippen LogP contribution is 2.26. The van der Waals surface area contributed by atoms with Gasteiger partial charge in [0.1, 0.15) is 35.2 Å². The molecule has 5 nitrogen and oxygen atoms in total. The molecule has 0 aliphatic heterocycles. The van der Waals surface area contributed by atoms with Crippen molar-refractivity contribution in [2.75, 3.05) is 13.2 Å². The van der Waals surface area contributed by atoms with Gasteiger partial charge in [0.2, 0.25) is 0 Å². The molecule has 5 heteroatoms. The molecule has 0 radical (unpaired) electrons. The summed E-state index contributed by atoms with van der Waals surface area (Å²) in [7, 11) is 0. The highest BCUT2D eigenvalue weighted by atomic mass is 16.6. The molecule has 160 valence electrons. The zero-order valence-electron chi connectivity index (χ0n) is 17.6. The summed E-state index contributed by atoms with van der Waals surface area (Å²) >= 11 is 0. The summed E-state index contributed by atoms with van der Waals surface area (Å²) in [6, 6.07) is 22.1. The third-order valence-electron chi connectivity index (χ3n) is 4.97. The average molecular weight is 418 g/mol. The van der Waals surface area contributed by atoms with Gasteiger partial charge < -0.3 is 24.4 Å². The van der Waals surface area contributed by atoms with Crippen molar-refractivity contribution in [3.8, 4) is 23.0 Å². The van der Waals surface area contributed by atoms with Crippen LogP contribution in [0, 0.1) is 0 Å². The number of hydrogen-bond donors (Lipinski definition) is 2. The Morgan fingerprint density at radius 1 is 0.581 bits per heavy atom. The van der Waals surface area contributed by atoms with E-state index in [-0.39, 0.29) is 23.7 Å². The summed E-state index contributed by atoms with van der Waals surface area (Å²) in [6.07, 6.45) is -0.267. The Balaban J connectivity index is 1.26. The smallest absolute Gasteiger partial charge is 0.120 e. The minimum absolute atomic E-state index is 0.134. The number of benzene rings is 4. The molecule has 2 atom stereocenters.